The van der Waals surface area contributed by atoms with Gasteiger partial charge in [0.05, 0.1) is 11.8 Å². The average molecular weight is 269 g/mol. The minimum absolute atomic E-state index is 0.305. The van der Waals surface area contributed by atoms with Gasteiger partial charge < -0.3 is 0 Å². The molecule has 2 aliphatic rings. The van der Waals surface area contributed by atoms with Gasteiger partial charge in [0, 0.05) is 5.92 Å². The zero-order chi connectivity index (χ0) is 11.2. The van der Waals surface area contributed by atoms with Crippen LogP contribution < -0.4 is 5.32 Å². The largest absolute Gasteiger partial charge is 0.296 e. The third-order valence-electron chi connectivity index (χ3n) is 2.83. The van der Waals surface area contributed by atoms with Crippen molar-refractivity contribution in [1.29, 1.82) is 0 Å². The number of carbonyl (C=O) groups is 2. The molecule has 3 nitrogen and oxygen atoms in total. The molecule has 3 atom stereocenters. The number of alkyl halides is 3. The molecule has 1 aliphatic heterocycles. The molecule has 0 radical (unpaired) electrons. The van der Waals surface area contributed by atoms with Gasteiger partial charge in [-0.3, -0.25) is 14.9 Å². The van der Waals surface area contributed by atoms with Crippen LogP contribution in [-0.2, 0) is 9.59 Å². The fraction of sp³-hybridized carbons (Fsp3) is 0.556. The maximum Gasteiger partial charge on any atom is 0.234 e. The fourth-order valence-corrected chi connectivity index (χ4v) is 2.78. The van der Waals surface area contributed by atoms with Crippen LogP contribution in [-0.4, -0.2) is 15.6 Å². The maximum absolute atomic E-state index is 11.5. The molecule has 1 aliphatic carbocycles. The Labute approximate surface area is 102 Å². The average Bonchev–Trinajstić information content (AvgIpc) is 2.41. The van der Waals surface area contributed by atoms with Gasteiger partial charge >= 0.3 is 0 Å². The van der Waals surface area contributed by atoms with Gasteiger partial charge in [-0.15, -0.1) is 0 Å². The lowest BCUT2D eigenvalue weighted by atomic mass is 9.78. The highest BCUT2D eigenvalue weighted by Gasteiger charge is 2.51. The van der Waals surface area contributed by atoms with E-state index in [4.69, 9.17) is 34.8 Å². The second-order valence-corrected chi connectivity index (χ2v) is 6.09. The van der Waals surface area contributed by atoms with E-state index in [1.165, 1.54) is 0 Å². The SMILES string of the molecule is O=C1NC(=O)C2C1C=CCC2C(Cl)(Cl)Cl. The summed E-state index contributed by atoms with van der Waals surface area (Å²) in [5, 5.41) is 2.26. The summed E-state index contributed by atoms with van der Waals surface area (Å²) in [6.07, 6.45) is 3.99. The summed E-state index contributed by atoms with van der Waals surface area (Å²) in [6.45, 7) is 0. The van der Waals surface area contributed by atoms with E-state index in [2.05, 4.69) is 5.32 Å². The minimum atomic E-state index is -1.52. The van der Waals surface area contributed by atoms with Gasteiger partial charge in [0.2, 0.25) is 11.8 Å². The Hall–Kier alpha value is -0.250. The molecule has 1 N–H and O–H groups in total. The number of rotatable bonds is 0. The number of hydrogen-bond donors (Lipinski definition) is 1. The van der Waals surface area contributed by atoms with Crippen LogP contribution in [0.15, 0.2) is 12.2 Å². The summed E-state index contributed by atoms with van der Waals surface area (Å²) in [5.74, 6) is -2.11. The lowest BCUT2D eigenvalue weighted by molar-refractivity contribution is -0.126. The molecular weight excluding hydrogens is 260 g/mol. The molecule has 0 aromatic heterocycles. The lowest BCUT2D eigenvalue weighted by Gasteiger charge is -2.31. The molecular formula is C9H8Cl3NO2. The molecule has 1 saturated heterocycles. The van der Waals surface area contributed by atoms with Crippen molar-refractivity contribution >= 4 is 46.6 Å². The summed E-state index contributed by atoms with van der Waals surface area (Å²) >= 11 is 17.4. The highest BCUT2D eigenvalue weighted by atomic mass is 35.6. The van der Waals surface area contributed by atoms with Crippen molar-refractivity contribution in [3.63, 3.8) is 0 Å². The van der Waals surface area contributed by atoms with E-state index in [1.807, 2.05) is 0 Å². The van der Waals surface area contributed by atoms with Crippen LogP contribution in [0.1, 0.15) is 6.42 Å². The first-order valence-corrected chi connectivity index (χ1v) is 5.62. The first-order valence-electron chi connectivity index (χ1n) is 4.49. The van der Waals surface area contributed by atoms with Crippen LogP contribution in [0.25, 0.3) is 0 Å². The summed E-state index contributed by atoms with van der Waals surface area (Å²) in [7, 11) is 0. The number of imide groups is 1. The minimum Gasteiger partial charge on any atom is -0.296 e. The lowest BCUT2D eigenvalue weighted by Crippen LogP contribution is -2.36. The summed E-state index contributed by atoms with van der Waals surface area (Å²) in [6, 6.07) is 0. The standard InChI is InChI=1S/C9H8Cl3NO2/c10-9(11,12)5-3-1-2-4-6(5)8(15)13-7(4)14/h1-2,4-6H,3H2,(H,13,14,15). The predicted molar refractivity (Wildman–Crippen MR) is 57.7 cm³/mol. The molecule has 0 bridgehead atoms. The Morgan fingerprint density at radius 2 is 1.93 bits per heavy atom. The smallest absolute Gasteiger partial charge is 0.234 e. The van der Waals surface area contributed by atoms with E-state index in [-0.39, 0.29) is 11.8 Å². The van der Waals surface area contributed by atoms with Crippen LogP contribution >= 0.6 is 34.8 Å². The molecule has 0 spiro atoms. The number of halogens is 3. The van der Waals surface area contributed by atoms with E-state index in [1.54, 1.807) is 12.2 Å². The molecule has 2 rings (SSSR count). The highest BCUT2D eigenvalue weighted by Crippen LogP contribution is 2.47. The Kier molecular flexibility index (Phi) is 2.73. The topological polar surface area (TPSA) is 46.2 Å². The first-order chi connectivity index (χ1) is 6.91. The van der Waals surface area contributed by atoms with Crippen LogP contribution in [0.5, 0.6) is 0 Å². The zero-order valence-corrected chi connectivity index (χ0v) is 9.81. The molecule has 0 aromatic carbocycles. The number of carbonyl (C=O) groups excluding carboxylic acids is 2. The Bertz CT molecular complexity index is 348. The number of hydrogen-bond acceptors (Lipinski definition) is 2. The number of allylic oxidation sites excluding steroid dienone is 1. The normalized spacial score (nSPS) is 35.3. The van der Waals surface area contributed by atoms with E-state index in [0.29, 0.717) is 6.42 Å². The summed E-state index contributed by atoms with van der Waals surface area (Å²) in [5.41, 5.74) is 0. The Balaban J connectivity index is 2.35. The van der Waals surface area contributed by atoms with Crippen molar-refractivity contribution in [3.8, 4) is 0 Å². The van der Waals surface area contributed by atoms with Crippen LogP contribution in [0.2, 0.25) is 0 Å². The van der Waals surface area contributed by atoms with Crippen molar-refractivity contribution in [1.82, 2.24) is 5.32 Å². The van der Waals surface area contributed by atoms with Crippen molar-refractivity contribution in [3.05, 3.63) is 12.2 Å². The highest BCUT2D eigenvalue weighted by molar-refractivity contribution is 6.67. The van der Waals surface area contributed by atoms with Gasteiger partial charge in [0.25, 0.3) is 0 Å². The van der Waals surface area contributed by atoms with Crippen molar-refractivity contribution in [2.24, 2.45) is 17.8 Å². The second kappa shape index (κ2) is 3.65. The third-order valence-corrected chi connectivity index (χ3v) is 3.67. The third kappa shape index (κ3) is 1.88. The fourth-order valence-electron chi connectivity index (χ4n) is 2.11. The van der Waals surface area contributed by atoms with Crippen molar-refractivity contribution in [2.75, 3.05) is 0 Å². The molecule has 3 unspecified atom stereocenters. The van der Waals surface area contributed by atoms with Crippen molar-refractivity contribution in [2.45, 2.75) is 10.2 Å². The zero-order valence-electron chi connectivity index (χ0n) is 7.54. The Morgan fingerprint density at radius 1 is 1.27 bits per heavy atom. The van der Waals surface area contributed by atoms with Gasteiger partial charge in [-0.05, 0) is 6.42 Å². The second-order valence-electron chi connectivity index (χ2n) is 3.72. The van der Waals surface area contributed by atoms with Gasteiger partial charge in [0.1, 0.15) is 0 Å². The molecule has 15 heavy (non-hydrogen) atoms. The predicted octanol–water partition coefficient (Wildman–Crippen LogP) is 1.82. The number of amides is 2. The van der Waals surface area contributed by atoms with Gasteiger partial charge in [-0.1, -0.05) is 47.0 Å². The summed E-state index contributed by atoms with van der Waals surface area (Å²) < 4.78 is -1.52. The van der Waals surface area contributed by atoms with Gasteiger partial charge in [-0.2, -0.15) is 0 Å². The quantitative estimate of drug-likeness (QED) is 0.414. The molecule has 0 aromatic rings. The van der Waals surface area contributed by atoms with Crippen molar-refractivity contribution < 1.29 is 9.59 Å². The van der Waals surface area contributed by atoms with Crippen LogP contribution in [0.4, 0.5) is 0 Å². The summed E-state index contributed by atoms with van der Waals surface area (Å²) in [4.78, 5) is 22.9. The van der Waals surface area contributed by atoms with Gasteiger partial charge in [0.15, 0.2) is 3.79 Å². The maximum atomic E-state index is 11.5. The first kappa shape index (κ1) is 11.2. The Morgan fingerprint density at radius 3 is 2.53 bits per heavy atom. The van der Waals surface area contributed by atoms with Crippen LogP contribution in [0, 0.1) is 17.8 Å². The van der Waals surface area contributed by atoms with Gasteiger partial charge in [-0.25, -0.2) is 0 Å². The van der Waals surface area contributed by atoms with E-state index < -0.39 is 21.5 Å². The van der Waals surface area contributed by atoms with E-state index in [0.717, 1.165) is 0 Å². The van der Waals surface area contributed by atoms with Crippen LogP contribution in [0.3, 0.4) is 0 Å². The molecule has 1 fully saturated rings. The molecule has 6 heteroatoms. The molecule has 1 heterocycles. The molecule has 0 saturated carbocycles. The molecule has 2 amide bonds. The number of fused-ring (bicyclic) bond motifs is 1. The van der Waals surface area contributed by atoms with E-state index >= 15 is 0 Å². The molecule has 82 valence electrons. The van der Waals surface area contributed by atoms with E-state index in [9.17, 15) is 9.59 Å². The number of nitrogens with one attached hydrogen (secondary N) is 1. The monoisotopic (exact) mass is 267 g/mol.